The highest BCUT2D eigenvalue weighted by Crippen LogP contribution is 2.24. The van der Waals surface area contributed by atoms with E-state index in [1.165, 1.54) is 42.2 Å². The van der Waals surface area contributed by atoms with E-state index in [9.17, 15) is 33.0 Å². The molecule has 206 valence electrons. The standard InChI is InChI=1S/C24H23ClF3N7O4/c1-14(36)10-29-22(38)17-4-2-3-5-18(17)35-13-30-20(31-35)12-34-23(39)33(11-19(37)24(26,27)28)21(32-34)15-6-8-16(25)9-7-15/h2-9,13-14,19,36-37H,10-12H2,1H3,(H,29,38). The number of alkyl halides is 3. The normalized spacial score (nSPS) is 13.3. The molecule has 4 rings (SSSR count). The van der Waals surface area contributed by atoms with Gasteiger partial charge in [0.15, 0.2) is 17.8 Å². The number of aliphatic hydroxyl groups excluding tert-OH is 2. The summed E-state index contributed by atoms with van der Waals surface area (Å²) >= 11 is 5.90. The average molecular weight is 566 g/mol. The van der Waals surface area contributed by atoms with E-state index in [4.69, 9.17) is 11.6 Å². The largest absolute Gasteiger partial charge is 0.416 e. The van der Waals surface area contributed by atoms with Crippen molar-refractivity contribution in [1.82, 2.24) is 34.4 Å². The Kier molecular flexibility index (Phi) is 8.18. The molecule has 2 unspecified atom stereocenters. The summed E-state index contributed by atoms with van der Waals surface area (Å²) in [5.41, 5.74) is 0.00679. The number of aliphatic hydroxyl groups is 2. The van der Waals surface area contributed by atoms with Gasteiger partial charge in [0, 0.05) is 17.1 Å². The number of rotatable bonds is 9. The lowest BCUT2D eigenvalue weighted by Crippen LogP contribution is -2.37. The van der Waals surface area contributed by atoms with Crippen LogP contribution < -0.4 is 11.0 Å². The van der Waals surface area contributed by atoms with Gasteiger partial charge in [-0.05, 0) is 43.3 Å². The number of nitrogens with zero attached hydrogens (tertiary/aromatic N) is 6. The maximum atomic E-state index is 13.1. The summed E-state index contributed by atoms with van der Waals surface area (Å²) in [7, 11) is 0. The van der Waals surface area contributed by atoms with Gasteiger partial charge in [-0.15, -0.1) is 10.2 Å². The molecule has 11 nitrogen and oxygen atoms in total. The third kappa shape index (κ3) is 6.53. The van der Waals surface area contributed by atoms with Crippen LogP contribution >= 0.6 is 11.6 Å². The van der Waals surface area contributed by atoms with E-state index in [1.807, 2.05) is 0 Å². The first kappa shape index (κ1) is 28.0. The van der Waals surface area contributed by atoms with Gasteiger partial charge in [-0.25, -0.2) is 19.1 Å². The van der Waals surface area contributed by atoms with Crippen molar-refractivity contribution >= 4 is 17.5 Å². The lowest BCUT2D eigenvalue weighted by molar-refractivity contribution is -0.207. The molecule has 0 aliphatic carbocycles. The quantitative estimate of drug-likeness (QED) is 0.282. The fourth-order valence-electron chi connectivity index (χ4n) is 3.62. The summed E-state index contributed by atoms with van der Waals surface area (Å²) in [5, 5.41) is 30.5. The van der Waals surface area contributed by atoms with Gasteiger partial charge in [-0.3, -0.25) is 9.36 Å². The van der Waals surface area contributed by atoms with Gasteiger partial charge in [0.25, 0.3) is 5.91 Å². The van der Waals surface area contributed by atoms with Crippen molar-refractivity contribution in [3.05, 3.63) is 81.8 Å². The van der Waals surface area contributed by atoms with Gasteiger partial charge in [0.1, 0.15) is 12.9 Å². The smallest absolute Gasteiger partial charge is 0.392 e. The molecule has 15 heteroatoms. The van der Waals surface area contributed by atoms with Crippen molar-refractivity contribution in [1.29, 1.82) is 0 Å². The van der Waals surface area contributed by atoms with Crippen molar-refractivity contribution in [2.24, 2.45) is 0 Å². The highest BCUT2D eigenvalue weighted by atomic mass is 35.5. The molecule has 0 saturated carbocycles. The Balaban J connectivity index is 1.66. The third-order valence-corrected chi connectivity index (χ3v) is 5.79. The molecular weight excluding hydrogens is 543 g/mol. The Hall–Kier alpha value is -4.01. The summed E-state index contributed by atoms with van der Waals surface area (Å²) in [4.78, 5) is 29.8. The van der Waals surface area contributed by atoms with Crippen LogP contribution in [-0.2, 0) is 13.1 Å². The van der Waals surface area contributed by atoms with E-state index in [1.54, 1.807) is 24.3 Å². The van der Waals surface area contributed by atoms with Crippen LogP contribution in [0.25, 0.3) is 17.1 Å². The van der Waals surface area contributed by atoms with Gasteiger partial charge in [0.05, 0.1) is 23.9 Å². The fourth-order valence-corrected chi connectivity index (χ4v) is 3.74. The van der Waals surface area contributed by atoms with Gasteiger partial charge < -0.3 is 15.5 Å². The van der Waals surface area contributed by atoms with Crippen LogP contribution in [0.1, 0.15) is 23.1 Å². The summed E-state index contributed by atoms with van der Waals surface area (Å²) < 4.78 is 42.1. The predicted octanol–water partition coefficient (Wildman–Crippen LogP) is 2.03. The molecule has 0 saturated heterocycles. The van der Waals surface area contributed by atoms with Crippen molar-refractivity contribution in [3.63, 3.8) is 0 Å². The molecule has 0 bridgehead atoms. The summed E-state index contributed by atoms with van der Waals surface area (Å²) in [6.07, 6.45) is -7.18. The number of nitrogens with one attached hydrogen (secondary N) is 1. The van der Waals surface area contributed by atoms with Crippen molar-refractivity contribution in [2.75, 3.05) is 6.54 Å². The second-order valence-electron chi connectivity index (χ2n) is 8.62. The Labute approximate surface area is 224 Å². The first-order valence-electron chi connectivity index (χ1n) is 11.6. The zero-order chi connectivity index (χ0) is 28.3. The number of hydrogen-bond acceptors (Lipinski definition) is 7. The minimum absolute atomic E-state index is 0.0420. The summed E-state index contributed by atoms with van der Waals surface area (Å²) in [5.74, 6) is -0.478. The van der Waals surface area contributed by atoms with E-state index in [0.29, 0.717) is 16.3 Å². The van der Waals surface area contributed by atoms with Crippen molar-refractivity contribution in [2.45, 2.75) is 38.4 Å². The molecule has 2 atom stereocenters. The molecule has 0 aliphatic heterocycles. The van der Waals surface area contributed by atoms with Crippen LogP contribution in [0.15, 0.2) is 59.7 Å². The minimum atomic E-state index is -4.95. The Morgan fingerprint density at radius 2 is 1.79 bits per heavy atom. The number of amides is 1. The lowest BCUT2D eigenvalue weighted by atomic mass is 10.1. The van der Waals surface area contributed by atoms with E-state index in [0.717, 1.165) is 9.25 Å². The van der Waals surface area contributed by atoms with Crippen molar-refractivity contribution < 1.29 is 28.2 Å². The maximum absolute atomic E-state index is 13.1. The van der Waals surface area contributed by atoms with Gasteiger partial charge in [0.2, 0.25) is 0 Å². The van der Waals surface area contributed by atoms with E-state index in [-0.39, 0.29) is 30.3 Å². The van der Waals surface area contributed by atoms with E-state index in [2.05, 4.69) is 20.5 Å². The first-order valence-corrected chi connectivity index (χ1v) is 12.0. The summed E-state index contributed by atoms with van der Waals surface area (Å²) in [6.45, 7) is 0.191. The molecule has 2 heterocycles. The Bertz CT molecular complexity index is 1510. The maximum Gasteiger partial charge on any atom is 0.416 e. The van der Waals surface area contributed by atoms with Crippen molar-refractivity contribution in [3.8, 4) is 17.1 Å². The molecule has 0 aliphatic rings. The Morgan fingerprint density at radius 3 is 2.46 bits per heavy atom. The lowest BCUT2D eigenvalue weighted by Gasteiger charge is -2.15. The number of hydrogen-bond donors (Lipinski definition) is 3. The topological polar surface area (TPSA) is 140 Å². The molecule has 4 aromatic rings. The fraction of sp³-hybridized carbons (Fsp3) is 0.292. The Morgan fingerprint density at radius 1 is 1.10 bits per heavy atom. The molecule has 0 fully saturated rings. The SMILES string of the molecule is CC(O)CNC(=O)c1ccccc1-n1cnc(Cn2nc(-c3ccc(Cl)cc3)n(CC(O)C(F)(F)F)c2=O)n1. The van der Waals surface area contributed by atoms with Gasteiger partial charge >= 0.3 is 11.9 Å². The third-order valence-electron chi connectivity index (χ3n) is 5.54. The number of halogens is 4. The molecular formula is C24H23ClF3N7O4. The minimum Gasteiger partial charge on any atom is -0.392 e. The summed E-state index contributed by atoms with van der Waals surface area (Å²) in [6, 6.07) is 12.5. The highest BCUT2D eigenvalue weighted by molar-refractivity contribution is 6.30. The number of carbonyl (C=O) groups is 1. The molecule has 0 spiro atoms. The zero-order valence-electron chi connectivity index (χ0n) is 20.4. The van der Waals surface area contributed by atoms with Gasteiger partial charge in [-0.1, -0.05) is 23.7 Å². The van der Waals surface area contributed by atoms with Crippen LogP contribution in [0.4, 0.5) is 13.2 Å². The van der Waals surface area contributed by atoms with Crippen LogP contribution in [0.2, 0.25) is 5.02 Å². The highest BCUT2D eigenvalue weighted by Gasteiger charge is 2.39. The number of para-hydroxylation sites is 1. The van der Waals surface area contributed by atoms with E-state index >= 15 is 0 Å². The molecule has 39 heavy (non-hydrogen) atoms. The van der Waals surface area contributed by atoms with E-state index < -0.39 is 36.5 Å². The second-order valence-corrected chi connectivity index (χ2v) is 9.06. The van der Waals surface area contributed by atoms with Crippen LogP contribution in [0, 0.1) is 0 Å². The number of aromatic nitrogens is 6. The number of carbonyl (C=O) groups excluding carboxylic acids is 1. The molecule has 2 aromatic carbocycles. The van der Waals surface area contributed by atoms with Crippen LogP contribution in [0.3, 0.4) is 0 Å². The molecule has 3 N–H and O–H groups in total. The monoisotopic (exact) mass is 565 g/mol. The van der Waals surface area contributed by atoms with Crippen LogP contribution in [-0.4, -0.2) is 70.2 Å². The second kappa shape index (κ2) is 11.4. The predicted molar refractivity (Wildman–Crippen MR) is 133 cm³/mol. The van der Waals surface area contributed by atoms with Crippen LogP contribution in [0.5, 0.6) is 0 Å². The first-order chi connectivity index (χ1) is 18.4. The molecule has 1 amide bonds. The zero-order valence-corrected chi connectivity index (χ0v) is 21.1. The molecule has 2 aromatic heterocycles. The number of benzene rings is 2. The molecule has 0 radical (unpaired) electrons. The average Bonchev–Trinajstić information content (AvgIpc) is 3.47. The van der Waals surface area contributed by atoms with Gasteiger partial charge in [-0.2, -0.15) is 13.2 Å².